The third kappa shape index (κ3) is 3.56. The molecule has 2 aliphatic rings. The van der Waals surface area contributed by atoms with Crippen LogP contribution < -0.4 is 9.47 Å². The third-order valence-electron chi connectivity index (χ3n) is 6.07. The SMILES string of the molecule is CCn1ncc(-c2cc(C(=O)N3CCC[C@H]3c3ccc4c(c3)OCCCO4)on2)c1C. The van der Waals surface area contributed by atoms with E-state index in [2.05, 4.69) is 10.3 Å². The first-order valence-electron chi connectivity index (χ1n) is 10.9. The summed E-state index contributed by atoms with van der Waals surface area (Å²) in [4.78, 5) is 15.1. The van der Waals surface area contributed by atoms with Gasteiger partial charge in [-0.1, -0.05) is 11.2 Å². The predicted molar refractivity (Wildman–Crippen MR) is 113 cm³/mol. The molecule has 2 aromatic heterocycles. The molecule has 0 radical (unpaired) electrons. The zero-order chi connectivity index (χ0) is 21.4. The summed E-state index contributed by atoms with van der Waals surface area (Å²) in [5, 5.41) is 8.49. The van der Waals surface area contributed by atoms with Gasteiger partial charge in [0.2, 0.25) is 5.76 Å². The molecule has 2 aliphatic heterocycles. The van der Waals surface area contributed by atoms with Crippen LogP contribution in [-0.4, -0.2) is 45.5 Å². The molecule has 0 unspecified atom stereocenters. The molecule has 1 atom stereocenters. The lowest BCUT2D eigenvalue weighted by Crippen LogP contribution is -2.30. The highest BCUT2D eigenvalue weighted by Gasteiger charge is 2.33. The minimum Gasteiger partial charge on any atom is -0.490 e. The van der Waals surface area contributed by atoms with Crippen molar-refractivity contribution in [2.45, 2.75) is 45.7 Å². The Bertz CT molecular complexity index is 1100. The highest BCUT2D eigenvalue weighted by molar-refractivity contribution is 5.93. The first-order valence-corrected chi connectivity index (χ1v) is 10.9. The summed E-state index contributed by atoms with van der Waals surface area (Å²) in [7, 11) is 0. The maximum Gasteiger partial charge on any atom is 0.292 e. The molecule has 8 nitrogen and oxygen atoms in total. The molecular formula is C23H26N4O4. The van der Waals surface area contributed by atoms with Gasteiger partial charge in [-0.05, 0) is 44.4 Å². The number of fused-ring (bicyclic) bond motifs is 1. The van der Waals surface area contributed by atoms with E-state index in [4.69, 9.17) is 14.0 Å². The lowest BCUT2D eigenvalue weighted by atomic mass is 10.0. The van der Waals surface area contributed by atoms with Crippen LogP contribution in [0.15, 0.2) is 35.0 Å². The Balaban J connectivity index is 1.39. The molecule has 5 rings (SSSR count). The van der Waals surface area contributed by atoms with Gasteiger partial charge in [0.25, 0.3) is 5.91 Å². The minimum atomic E-state index is -0.145. The number of carbonyl (C=O) groups is 1. The monoisotopic (exact) mass is 422 g/mol. The number of aromatic nitrogens is 3. The van der Waals surface area contributed by atoms with Crippen molar-refractivity contribution < 1.29 is 18.8 Å². The molecule has 4 heterocycles. The highest BCUT2D eigenvalue weighted by atomic mass is 16.5. The predicted octanol–water partition coefficient (Wildman–Crippen LogP) is 4.01. The second kappa shape index (κ2) is 8.09. The molecular weight excluding hydrogens is 396 g/mol. The third-order valence-corrected chi connectivity index (χ3v) is 6.07. The summed E-state index contributed by atoms with van der Waals surface area (Å²) in [5.41, 5.74) is 3.56. The quantitative estimate of drug-likeness (QED) is 0.632. The van der Waals surface area contributed by atoms with Crippen molar-refractivity contribution in [2.24, 2.45) is 0 Å². The molecule has 1 saturated heterocycles. The van der Waals surface area contributed by atoms with Crippen molar-refractivity contribution in [3.8, 4) is 22.8 Å². The van der Waals surface area contributed by atoms with Gasteiger partial charge in [-0.2, -0.15) is 5.10 Å². The smallest absolute Gasteiger partial charge is 0.292 e. The number of hydrogen-bond acceptors (Lipinski definition) is 6. The average molecular weight is 422 g/mol. The number of hydrogen-bond donors (Lipinski definition) is 0. The normalized spacial score (nSPS) is 18.3. The standard InChI is InChI=1S/C23H26N4O4/c1-3-27-15(2)17(14-24-27)18-13-22(31-25-18)23(28)26-9-4-6-19(26)16-7-8-20-21(12-16)30-11-5-10-29-20/h7-8,12-14,19H,3-6,9-11H2,1-2H3/t19-/m0/s1. The van der Waals surface area contributed by atoms with Crippen LogP contribution in [0, 0.1) is 6.92 Å². The number of carbonyl (C=O) groups excluding carboxylic acids is 1. The Morgan fingerprint density at radius 3 is 2.81 bits per heavy atom. The molecule has 0 N–H and O–H groups in total. The van der Waals surface area contributed by atoms with Crippen LogP contribution in [0.4, 0.5) is 0 Å². The Kier molecular flexibility index (Phi) is 5.13. The molecule has 0 saturated carbocycles. The van der Waals surface area contributed by atoms with Gasteiger partial charge < -0.3 is 18.9 Å². The van der Waals surface area contributed by atoms with Crippen LogP contribution in [0.25, 0.3) is 11.3 Å². The van der Waals surface area contributed by atoms with Gasteiger partial charge in [-0.3, -0.25) is 9.48 Å². The number of aryl methyl sites for hydroxylation is 1. The number of benzene rings is 1. The molecule has 31 heavy (non-hydrogen) atoms. The number of likely N-dealkylation sites (tertiary alicyclic amines) is 1. The molecule has 1 fully saturated rings. The number of nitrogens with zero attached hydrogens (tertiary/aromatic N) is 4. The number of amides is 1. The van der Waals surface area contributed by atoms with Gasteiger partial charge in [0.05, 0.1) is 25.5 Å². The van der Waals surface area contributed by atoms with Crippen molar-refractivity contribution in [3.05, 3.63) is 47.5 Å². The van der Waals surface area contributed by atoms with Gasteiger partial charge in [0.1, 0.15) is 5.69 Å². The summed E-state index contributed by atoms with van der Waals surface area (Å²) < 4.78 is 18.9. The fourth-order valence-electron chi connectivity index (χ4n) is 4.40. The van der Waals surface area contributed by atoms with Crippen LogP contribution in [0.2, 0.25) is 0 Å². The van der Waals surface area contributed by atoms with E-state index >= 15 is 0 Å². The van der Waals surface area contributed by atoms with Crippen molar-refractivity contribution >= 4 is 5.91 Å². The van der Waals surface area contributed by atoms with Crippen LogP contribution in [0.5, 0.6) is 11.5 Å². The lowest BCUT2D eigenvalue weighted by Gasteiger charge is -2.24. The molecule has 0 aliphatic carbocycles. The van der Waals surface area contributed by atoms with E-state index in [0.29, 0.717) is 25.5 Å². The second-order valence-electron chi connectivity index (χ2n) is 7.95. The molecule has 0 spiro atoms. The van der Waals surface area contributed by atoms with E-state index in [1.165, 1.54) is 0 Å². The molecule has 162 valence electrons. The van der Waals surface area contributed by atoms with Crippen molar-refractivity contribution in [3.63, 3.8) is 0 Å². The zero-order valence-electron chi connectivity index (χ0n) is 17.8. The summed E-state index contributed by atoms with van der Waals surface area (Å²) in [6.45, 7) is 6.78. The zero-order valence-corrected chi connectivity index (χ0v) is 17.8. The Morgan fingerprint density at radius 1 is 1.16 bits per heavy atom. The van der Waals surface area contributed by atoms with E-state index in [0.717, 1.165) is 54.1 Å². The molecule has 3 aromatic rings. The van der Waals surface area contributed by atoms with Crippen molar-refractivity contribution in [1.82, 2.24) is 19.8 Å². The average Bonchev–Trinajstić information content (AvgIpc) is 3.50. The Labute approximate surface area is 180 Å². The van der Waals surface area contributed by atoms with Gasteiger partial charge in [0, 0.05) is 36.8 Å². The van der Waals surface area contributed by atoms with Crippen LogP contribution in [0.3, 0.4) is 0 Å². The highest BCUT2D eigenvalue weighted by Crippen LogP contribution is 2.38. The molecule has 1 aromatic carbocycles. The largest absolute Gasteiger partial charge is 0.490 e. The van der Waals surface area contributed by atoms with E-state index in [9.17, 15) is 4.79 Å². The van der Waals surface area contributed by atoms with Crippen LogP contribution >= 0.6 is 0 Å². The van der Waals surface area contributed by atoms with E-state index in [1.807, 2.05) is 41.6 Å². The van der Waals surface area contributed by atoms with Gasteiger partial charge in [-0.15, -0.1) is 0 Å². The molecule has 0 bridgehead atoms. The maximum atomic E-state index is 13.3. The first kappa shape index (κ1) is 19.7. The lowest BCUT2D eigenvalue weighted by molar-refractivity contribution is 0.0693. The van der Waals surface area contributed by atoms with Crippen LogP contribution in [0.1, 0.15) is 54.0 Å². The Hall–Kier alpha value is -3.29. The Morgan fingerprint density at radius 2 is 2.00 bits per heavy atom. The van der Waals surface area contributed by atoms with E-state index in [-0.39, 0.29) is 17.7 Å². The maximum absolute atomic E-state index is 13.3. The van der Waals surface area contributed by atoms with Gasteiger partial charge in [-0.25, -0.2) is 0 Å². The minimum absolute atomic E-state index is 0.0252. The van der Waals surface area contributed by atoms with Crippen molar-refractivity contribution in [1.29, 1.82) is 0 Å². The first-order chi connectivity index (χ1) is 15.2. The number of ether oxygens (including phenoxy) is 2. The summed E-state index contributed by atoms with van der Waals surface area (Å²) in [6, 6.07) is 7.67. The van der Waals surface area contributed by atoms with Gasteiger partial charge >= 0.3 is 0 Å². The summed E-state index contributed by atoms with van der Waals surface area (Å²) >= 11 is 0. The summed E-state index contributed by atoms with van der Waals surface area (Å²) in [5.74, 6) is 1.62. The topological polar surface area (TPSA) is 82.6 Å². The fraction of sp³-hybridized carbons (Fsp3) is 0.435. The van der Waals surface area contributed by atoms with Gasteiger partial charge in [0.15, 0.2) is 11.5 Å². The number of rotatable bonds is 4. The molecule has 8 heteroatoms. The van der Waals surface area contributed by atoms with E-state index < -0.39 is 0 Å². The van der Waals surface area contributed by atoms with E-state index in [1.54, 1.807) is 12.3 Å². The van der Waals surface area contributed by atoms with Crippen molar-refractivity contribution in [2.75, 3.05) is 19.8 Å². The summed E-state index contributed by atoms with van der Waals surface area (Å²) in [6.07, 6.45) is 4.47. The van der Waals surface area contributed by atoms with Crippen LogP contribution in [-0.2, 0) is 6.54 Å². The molecule has 1 amide bonds. The second-order valence-corrected chi connectivity index (χ2v) is 7.95. The fourth-order valence-corrected chi connectivity index (χ4v) is 4.40.